The number of hydrogen-bond donors (Lipinski definition) is 2. The van der Waals surface area contributed by atoms with Gasteiger partial charge < -0.3 is 14.7 Å². The van der Waals surface area contributed by atoms with Gasteiger partial charge in [0, 0.05) is 17.2 Å². The minimum atomic E-state index is -2.12. The van der Waals surface area contributed by atoms with Crippen molar-refractivity contribution in [2.45, 2.75) is 0 Å². The summed E-state index contributed by atoms with van der Waals surface area (Å²) < 4.78 is 4.37. The number of nitrogens with zero attached hydrogens (tertiary/aromatic N) is 1. The van der Waals surface area contributed by atoms with Gasteiger partial charge in [-0.1, -0.05) is 11.6 Å². The Morgan fingerprint density at radius 1 is 1.50 bits per heavy atom. The number of halogens is 1. The van der Waals surface area contributed by atoms with E-state index in [4.69, 9.17) is 21.6 Å². The van der Waals surface area contributed by atoms with E-state index in [-0.39, 0.29) is 16.5 Å². The van der Waals surface area contributed by atoms with E-state index < -0.39 is 12.2 Å². The van der Waals surface area contributed by atoms with E-state index in [1.807, 2.05) is 0 Å². The maximum absolute atomic E-state index is 10.4. The fourth-order valence-electron chi connectivity index (χ4n) is 0.847. The zero-order valence-electron chi connectivity index (χ0n) is 6.75. The van der Waals surface area contributed by atoms with Crippen LogP contribution in [0.2, 0.25) is 5.02 Å². The molecule has 8 heteroatoms. The third kappa shape index (κ3) is 2.59. The highest BCUT2D eigenvalue weighted by atomic mass is 35.5. The van der Waals surface area contributed by atoms with Crippen molar-refractivity contribution in [3.63, 3.8) is 0 Å². The minimum Gasteiger partial charge on any atom is -0.507 e. The Labute approximate surface area is 84.0 Å². The minimum absolute atomic E-state index is 0.200. The van der Waals surface area contributed by atoms with E-state index in [1.165, 1.54) is 6.07 Å². The van der Waals surface area contributed by atoms with Crippen LogP contribution in [-0.2, 0) is 0 Å². The SMILES string of the molecule is O=[N+]([O-])c1ccc(Cl)cc1OB(O)O. The van der Waals surface area contributed by atoms with Crippen molar-refractivity contribution in [3.8, 4) is 5.75 Å². The van der Waals surface area contributed by atoms with Crippen molar-refractivity contribution in [2.24, 2.45) is 0 Å². The van der Waals surface area contributed by atoms with Crippen LogP contribution in [0.4, 0.5) is 5.69 Å². The Morgan fingerprint density at radius 2 is 2.14 bits per heavy atom. The molecule has 0 atom stereocenters. The van der Waals surface area contributed by atoms with E-state index in [1.54, 1.807) is 0 Å². The molecule has 0 aliphatic heterocycles. The van der Waals surface area contributed by atoms with Gasteiger partial charge in [-0.05, 0) is 6.07 Å². The van der Waals surface area contributed by atoms with Crippen LogP contribution >= 0.6 is 11.6 Å². The Hall–Kier alpha value is -1.31. The lowest BCUT2D eigenvalue weighted by Gasteiger charge is -2.04. The monoisotopic (exact) mass is 217 g/mol. The van der Waals surface area contributed by atoms with E-state index in [9.17, 15) is 10.1 Å². The highest BCUT2D eigenvalue weighted by Gasteiger charge is 2.20. The molecule has 0 unspecified atom stereocenters. The number of rotatable bonds is 3. The van der Waals surface area contributed by atoms with Crippen LogP contribution in [0.1, 0.15) is 0 Å². The summed E-state index contributed by atoms with van der Waals surface area (Å²) >= 11 is 5.54. The molecule has 0 aromatic heterocycles. The van der Waals surface area contributed by atoms with Gasteiger partial charge in [0.1, 0.15) is 0 Å². The summed E-state index contributed by atoms with van der Waals surface area (Å²) in [7, 11) is -2.12. The standard InChI is InChI=1S/C6H5BClNO5/c8-4-1-2-5(9(12)13)6(3-4)14-7(10)11/h1-3,10-11H. The molecule has 2 N–H and O–H groups in total. The molecule has 0 heterocycles. The molecule has 0 saturated carbocycles. The summed E-state index contributed by atoms with van der Waals surface area (Å²) in [6, 6.07) is 3.54. The number of hydrogen-bond acceptors (Lipinski definition) is 5. The first-order chi connectivity index (χ1) is 6.50. The van der Waals surface area contributed by atoms with Crippen molar-refractivity contribution in [2.75, 3.05) is 0 Å². The van der Waals surface area contributed by atoms with Crippen LogP contribution < -0.4 is 4.65 Å². The van der Waals surface area contributed by atoms with Crippen molar-refractivity contribution in [3.05, 3.63) is 33.3 Å². The molecular formula is C6H5BClNO5. The van der Waals surface area contributed by atoms with E-state index in [2.05, 4.69) is 4.65 Å². The summed E-state index contributed by atoms with van der Waals surface area (Å²) in [6.45, 7) is 0. The molecule has 6 nitrogen and oxygen atoms in total. The van der Waals surface area contributed by atoms with Gasteiger partial charge in [0.15, 0.2) is 5.75 Å². The third-order valence-corrected chi connectivity index (χ3v) is 1.59. The molecule has 14 heavy (non-hydrogen) atoms. The van der Waals surface area contributed by atoms with Gasteiger partial charge in [0.05, 0.1) is 4.92 Å². The predicted octanol–water partition coefficient (Wildman–Crippen LogP) is 0.597. The first-order valence-electron chi connectivity index (χ1n) is 3.47. The number of nitro benzene ring substituents is 1. The summed E-state index contributed by atoms with van der Waals surface area (Å²) in [5.74, 6) is -0.294. The molecule has 0 bridgehead atoms. The lowest BCUT2D eigenvalue weighted by atomic mass is 10.2. The second-order valence-electron chi connectivity index (χ2n) is 2.31. The molecule has 1 rings (SSSR count). The first-order valence-corrected chi connectivity index (χ1v) is 3.85. The zero-order valence-corrected chi connectivity index (χ0v) is 7.51. The Bertz CT molecular complexity index is 358. The predicted molar refractivity (Wildman–Crippen MR) is 48.9 cm³/mol. The van der Waals surface area contributed by atoms with Crippen molar-refractivity contribution in [1.82, 2.24) is 0 Å². The van der Waals surface area contributed by atoms with E-state index in [0.717, 1.165) is 12.1 Å². The van der Waals surface area contributed by atoms with Crippen LogP contribution in [0.5, 0.6) is 5.75 Å². The zero-order chi connectivity index (χ0) is 10.7. The Kier molecular flexibility index (Phi) is 3.29. The highest BCUT2D eigenvalue weighted by Crippen LogP contribution is 2.29. The molecule has 1 aromatic carbocycles. The highest BCUT2D eigenvalue weighted by molar-refractivity contribution is 6.34. The second kappa shape index (κ2) is 4.27. The molecule has 1 aromatic rings. The smallest absolute Gasteiger partial charge is 0.507 e. The number of benzene rings is 1. The van der Waals surface area contributed by atoms with Crippen molar-refractivity contribution in [1.29, 1.82) is 0 Å². The van der Waals surface area contributed by atoms with E-state index in [0.29, 0.717) is 0 Å². The van der Waals surface area contributed by atoms with Gasteiger partial charge in [-0.25, -0.2) is 0 Å². The van der Waals surface area contributed by atoms with Crippen LogP contribution in [0.25, 0.3) is 0 Å². The van der Waals surface area contributed by atoms with Gasteiger partial charge >= 0.3 is 13.0 Å². The van der Waals surface area contributed by atoms with Gasteiger partial charge in [-0.15, -0.1) is 0 Å². The van der Waals surface area contributed by atoms with E-state index >= 15 is 0 Å². The maximum Gasteiger partial charge on any atom is 0.707 e. The van der Waals surface area contributed by atoms with Gasteiger partial charge in [0.2, 0.25) is 0 Å². The van der Waals surface area contributed by atoms with Crippen molar-refractivity contribution >= 4 is 24.6 Å². The molecule has 0 spiro atoms. The quantitative estimate of drug-likeness (QED) is 0.439. The van der Waals surface area contributed by atoms with Gasteiger partial charge in [-0.3, -0.25) is 10.1 Å². The Morgan fingerprint density at radius 3 is 2.64 bits per heavy atom. The van der Waals surface area contributed by atoms with Crippen LogP contribution in [0.15, 0.2) is 18.2 Å². The Balaban J connectivity index is 3.09. The molecule has 0 aliphatic rings. The second-order valence-corrected chi connectivity index (χ2v) is 2.75. The topological polar surface area (TPSA) is 92.8 Å². The van der Waals surface area contributed by atoms with Crippen LogP contribution in [-0.4, -0.2) is 22.3 Å². The first kappa shape index (κ1) is 10.8. The van der Waals surface area contributed by atoms with Gasteiger partial charge in [-0.2, -0.15) is 0 Å². The van der Waals surface area contributed by atoms with Crippen LogP contribution in [0.3, 0.4) is 0 Å². The summed E-state index contributed by atoms with van der Waals surface area (Å²) in [4.78, 5) is 9.72. The average molecular weight is 217 g/mol. The molecular weight excluding hydrogens is 212 g/mol. The lowest BCUT2D eigenvalue weighted by molar-refractivity contribution is -0.385. The third-order valence-electron chi connectivity index (χ3n) is 1.35. The van der Waals surface area contributed by atoms with Crippen molar-refractivity contribution < 1.29 is 19.6 Å². The fourth-order valence-corrected chi connectivity index (χ4v) is 1.01. The average Bonchev–Trinajstić information content (AvgIpc) is 2.01. The molecule has 0 fully saturated rings. The molecule has 0 amide bonds. The molecule has 0 saturated heterocycles. The summed E-state index contributed by atoms with van der Waals surface area (Å²) in [5.41, 5.74) is -0.387. The normalized spacial score (nSPS) is 9.64. The summed E-state index contributed by atoms with van der Waals surface area (Å²) in [6.07, 6.45) is 0. The molecule has 74 valence electrons. The van der Waals surface area contributed by atoms with Gasteiger partial charge in [0.25, 0.3) is 0 Å². The largest absolute Gasteiger partial charge is 0.707 e. The molecule has 0 radical (unpaired) electrons. The lowest BCUT2D eigenvalue weighted by Crippen LogP contribution is -2.21. The maximum atomic E-state index is 10.4. The summed E-state index contributed by atoms with van der Waals surface area (Å²) in [5, 5.41) is 27.6. The number of nitro groups is 1. The van der Waals surface area contributed by atoms with Crippen LogP contribution in [0, 0.1) is 10.1 Å². The molecule has 0 aliphatic carbocycles. The fraction of sp³-hybridized carbons (Fsp3) is 0.